The summed E-state index contributed by atoms with van der Waals surface area (Å²) in [5.74, 6) is 0.141. The van der Waals surface area contributed by atoms with Crippen molar-refractivity contribution >= 4 is 5.78 Å². The van der Waals surface area contributed by atoms with Gasteiger partial charge in [0.1, 0.15) is 0 Å². The van der Waals surface area contributed by atoms with E-state index in [2.05, 4.69) is 24.3 Å². The molecule has 0 aromatic heterocycles. The average Bonchev–Trinajstić information content (AvgIpc) is 2.60. The van der Waals surface area contributed by atoms with Gasteiger partial charge in [-0.2, -0.15) is 0 Å². The Bertz CT molecular complexity index is 483. The van der Waals surface area contributed by atoms with Gasteiger partial charge in [-0.1, -0.05) is 24.3 Å². The largest absolute Gasteiger partial charge is 0.349 e. The molecule has 2 aliphatic rings. The molecule has 0 saturated carbocycles. The summed E-state index contributed by atoms with van der Waals surface area (Å²) in [6, 6.07) is 8.46. The molecule has 1 aliphatic carbocycles. The SMILES string of the molecule is CO[C@H]1OCCC[C@@]2(CCc3ccccc3C2)C1=O. The van der Waals surface area contributed by atoms with Crippen molar-refractivity contribution < 1.29 is 14.3 Å². The van der Waals surface area contributed by atoms with E-state index in [0.717, 1.165) is 32.1 Å². The van der Waals surface area contributed by atoms with Crippen LogP contribution in [0.5, 0.6) is 0 Å². The minimum atomic E-state index is -0.673. The van der Waals surface area contributed by atoms with Crippen molar-refractivity contribution in [3.05, 3.63) is 35.4 Å². The number of rotatable bonds is 1. The van der Waals surface area contributed by atoms with Gasteiger partial charge in [0.2, 0.25) is 6.29 Å². The van der Waals surface area contributed by atoms with E-state index in [1.807, 2.05) is 0 Å². The second-order valence-electron chi connectivity index (χ2n) is 5.63. The van der Waals surface area contributed by atoms with Crippen LogP contribution in [0.15, 0.2) is 24.3 Å². The lowest BCUT2D eigenvalue weighted by Crippen LogP contribution is -2.43. The van der Waals surface area contributed by atoms with Crippen molar-refractivity contribution in [2.45, 2.75) is 38.4 Å². The summed E-state index contributed by atoms with van der Waals surface area (Å²) >= 11 is 0. The molecule has 1 saturated heterocycles. The highest BCUT2D eigenvalue weighted by Crippen LogP contribution is 2.42. The minimum Gasteiger partial charge on any atom is -0.349 e. The van der Waals surface area contributed by atoms with Gasteiger partial charge >= 0.3 is 0 Å². The Morgan fingerprint density at radius 2 is 2.05 bits per heavy atom. The second kappa shape index (κ2) is 5.06. The third kappa shape index (κ3) is 2.21. The Hall–Kier alpha value is -1.19. The van der Waals surface area contributed by atoms with Crippen molar-refractivity contribution in [1.29, 1.82) is 0 Å². The zero-order valence-electron chi connectivity index (χ0n) is 11.4. The Morgan fingerprint density at radius 3 is 2.84 bits per heavy atom. The summed E-state index contributed by atoms with van der Waals surface area (Å²) in [7, 11) is 1.55. The van der Waals surface area contributed by atoms with Gasteiger partial charge in [0.25, 0.3) is 0 Å². The van der Waals surface area contributed by atoms with Crippen LogP contribution < -0.4 is 0 Å². The molecule has 3 rings (SSSR count). The summed E-state index contributed by atoms with van der Waals surface area (Å²) in [4.78, 5) is 12.7. The monoisotopic (exact) mass is 260 g/mol. The van der Waals surface area contributed by atoms with E-state index < -0.39 is 6.29 Å². The van der Waals surface area contributed by atoms with Gasteiger partial charge in [-0.05, 0) is 43.2 Å². The zero-order chi connectivity index (χ0) is 13.3. The molecule has 0 radical (unpaired) electrons. The Labute approximate surface area is 113 Å². The normalized spacial score (nSPS) is 31.0. The van der Waals surface area contributed by atoms with Crippen LogP contribution >= 0.6 is 0 Å². The molecule has 0 amide bonds. The summed E-state index contributed by atoms with van der Waals surface area (Å²) in [5, 5.41) is 0. The number of hydrogen-bond donors (Lipinski definition) is 0. The van der Waals surface area contributed by atoms with Gasteiger partial charge in [-0.3, -0.25) is 4.79 Å². The maximum atomic E-state index is 12.7. The molecule has 0 N–H and O–H groups in total. The number of fused-ring (bicyclic) bond motifs is 1. The molecule has 1 fully saturated rings. The summed E-state index contributed by atoms with van der Waals surface area (Å²) in [6.07, 6.45) is 3.93. The maximum absolute atomic E-state index is 12.7. The van der Waals surface area contributed by atoms with Crippen LogP contribution in [0.4, 0.5) is 0 Å². The van der Waals surface area contributed by atoms with Crippen LogP contribution in [0, 0.1) is 5.41 Å². The van der Waals surface area contributed by atoms with E-state index >= 15 is 0 Å². The van der Waals surface area contributed by atoms with Gasteiger partial charge in [-0.25, -0.2) is 0 Å². The fraction of sp³-hybridized carbons (Fsp3) is 0.562. The average molecular weight is 260 g/mol. The number of carbonyl (C=O) groups excluding carboxylic acids is 1. The smallest absolute Gasteiger partial charge is 0.218 e. The molecule has 1 heterocycles. The summed E-state index contributed by atoms with van der Waals surface area (Å²) < 4.78 is 10.7. The predicted octanol–water partition coefficient (Wildman–Crippen LogP) is 2.51. The minimum absolute atomic E-state index is 0.141. The number of ketones is 1. The van der Waals surface area contributed by atoms with E-state index in [-0.39, 0.29) is 11.2 Å². The molecular weight excluding hydrogens is 240 g/mol. The molecule has 3 nitrogen and oxygen atoms in total. The van der Waals surface area contributed by atoms with E-state index in [1.54, 1.807) is 7.11 Å². The standard InChI is InChI=1S/C16H20O3/c1-18-15-14(17)16(8-4-10-19-15)9-7-12-5-2-3-6-13(12)11-16/h2-3,5-6,15H,4,7-11H2,1H3/t15-,16-/m0/s1. The van der Waals surface area contributed by atoms with Crippen LogP contribution in [-0.2, 0) is 27.1 Å². The number of Topliss-reactive ketones (excluding diaryl/α,β-unsaturated/α-hetero) is 1. The lowest BCUT2D eigenvalue weighted by molar-refractivity contribution is -0.168. The molecule has 3 heteroatoms. The molecule has 0 unspecified atom stereocenters. The van der Waals surface area contributed by atoms with Crippen LogP contribution in [0.2, 0.25) is 0 Å². The molecule has 2 atom stereocenters. The maximum Gasteiger partial charge on any atom is 0.218 e. The van der Waals surface area contributed by atoms with E-state index in [4.69, 9.17) is 9.47 Å². The highest BCUT2D eigenvalue weighted by molar-refractivity contribution is 5.88. The summed E-state index contributed by atoms with van der Waals surface area (Å²) in [5.41, 5.74) is 2.44. The van der Waals surface area contributed by atoms with Crippen molar-refractivity contribution in [3.63, 3.8) is 0 Å². The first-order valence-electron chi connectivity index (χ1n) is 7.01. The molecule has 102 valence electrons. The van der Waals surface area contributed by atoms with Gasteiger partial charge < -0.3 is 9.47 Å². The van der Waals surface area contributed by atoms with Crippen LogP contribution in [-0.4, -0.2) is 25.8 Å². The lowest BCUT2D eigenvalue weighted by Gasteiger charge is -2.37. The highest BCUT2D eigenvalue weighted by Gasteiger charge is 2.45. The van der Waals surface area contributed by atoms with E-state index in [1.165, 1.54) is 11.1 Å². The van der Waals surface area contributed by atoms with Crippen molar-refractivity contribution in [2.75, 3.05) is 13.7 Å². The van der Waals surface area contributed by atoms with E-state index in [9.17, 15) is 4.79 Å². The highest BCUT2D eigenvalue weighted by atomic mass is 16.7. The Kier molecular flexibility index (Phi) is 3.42. The lowest BCUT2D eigenvalue weighted by atomic mass is 9.66. The van der Waals surface area contributed by atoms with Gasteiger partial charge in [0.05, 0.1) is 6.61 Å². The summed E-state index contributed by atoms with van der Waals surface area (Å²) in [6.45, 7) is 0.619. The molecule has 1 aromatic carbocycles. The van der Waals surface area contributed by atoms with Gasteiger partial charge in [-0.15, -0.1) is 0 Å². The first-order chi connectivity index (χ1) is 9.25. The van der Waals surface area contributed by atoms with E-state index in [0.29, 0.717) is 6.61 Å². The number of methoxy groups -OCH3 is 1. The quantitative estimate of drug-likeness (QED) is 0.778. The topological polar surface area (TPSA) is 35.5 Å². The number of carbonyl (C=O) groups is 1. The van der Waals surface area contributed by atoms with Crippen LogP contribution in [0.1, 0.15) is 30.4 Å². The van der Waals surface area contributed by atoms with Gasteiger partial charge in [0.15, 0.2) is 5.78 Å². The molecule has 0 bridgehead atoms. The van der Waals surface area contributed by atoms with Crippen molar-refractivity contribution in [1.82, 2.24) is 0 Å². The van der Waals surface area contributed by atoms with Gasteiger partial charge in [0, 0.05) is 12.5 Å². The number of aryl methyl sites for hydroxylation is 1. The fourth-order valence-corrected chi connectivity index (χ4v) is 3.45. The third-order valence-electron chi connectivity index (χ3n) is 4.54. The zero-order valence-corrected chi connectivity index (χ0v) is 11.4. The molecule has 1 aromatic rings. The number of benzene rings is 1. The molecular formula is C16H20O3. The predicted molar refractivity (Wildman–Crippen MR) is 71.9 cm³/mol. The van der Waals surface area contributed by atoms with Crippen LogP contribution in [0.3, 0.4) is 0 Å². The number of ether oxygens (including phenoxy) is 2. The Morgan fingerprint density at radius 1 is 1.26 bits per heavy atom. The first-order valence-corrected chi connectivity index (χ1v) is 7.01. The second-order valence-corrected chi connectivity index (χ2v) is 5.63. The molecule has 1 spiro atoms. The third-order valence-corrected chi connectivity index (χ3v) is 4.54. The number of hydrogen-bond acceptors (Lipinski definition) is 3. The Balaban J connectivity index is 1.93. The van der Waals surface area contributed by atoms with Crippen LogP contribution in [0.25, 0.3) is 0 Å². The first kappa shape index (κ1) is 12.8. The molecule has 1 aliphatic heterocycles. The molecule has 19 heavy (non-hydrogen) atoms. The van der Waals surface area contributed by atoms with Crippen molar-refractivity contribution in [3.8, 4) is 0 Å². The van der Waals surface area contributed by atoms with Crippen molar-refractivity contribution in [2.24, 2.45) is 5.41 Å². The fourth-order valence-electron chi connectivity index (χ4n) is 3.45.